The summed E-state index contributed by atoms with van der Waals surface area (Å²) in [6.45, 7) is 0.224. The molecule has 1 aliphatic carbocycles. The third-order valence-corrected chi connectivity index (χ3v) is 8.46. The molecular weight excluding hydrogens is 607 g/mol. The Bertz CT molecular complexity index is 1720. The number of urea groups is 1. The highest BCUT2D eigenvalue weighted by Crippen LogP contribution is 2.35. The van der Waals surface area contributed by atoms with Gasteiger partial charge < -0.3 is 5.43 Å². The van der Waals surface area contributed by atoms with Crippen LogP contribution in [-0.2, 0) is 6.54 Å². The van der Waals surface area contributed by atoms with Crippen molar-refractivity contribution in [3.05, 3.63) is 93.5 Å². The summed E-state index contributed by atoms with van der Waals surface area (Å²) < 4.78 is 0.730. The van der Waals surface area contributed by atoms with Gasteiger partial charge in [0.1, 0.15) is 0 Å². The normalized spacial score (nSPS) is 13.3. The number of halogens is 2. The summed E-state index contributed by atoms with van der Waals surface area (Å²) in [6.07, 6.45) is 6.81. The van der Waals surface area contributed by atoms with Crippen LogP contribution < -0.4 is 21.0 Å². The fourth-order valence-electron chi connectivity index (χ4n) is 4.71. The number of hydrogen-bond donors (Lipinski definition) is 4. The number of benzene rings is 3. The van der Waals surface area contributed by atoms with Gasteiger partial charge in [0.25, 0.3) is 11.9 Å². The maximum atomic E-state index is 13.7. The number of carbonyl (C=O) groups excluding carboxylic acids is 2. The quantitative estimate of drug-likeness (QED) is 0.0707. The molecule has 0 fully saturated rings. The number of nitrogens with zero attached hydrogens (tertiary/aromatic N) is 4. The number of rotatable bonds is 7. The van der Waals surface area contributed by atoms with Crippen molar-refractivity contribution in [1.29, 1.82) is 5.53 Å². The predicted molar refractivity (Wildman–Crippen MR) is 173 cm³/mol. The number of aromatic nitrogens is 1. The SMILES string of the molecule is CN/N=C(\N=N)NC(=O)c1ccc(CN(C(=O)Nc2nc3cc(Cl)cc(Cl)c3s2)c2ccc(C3=CCCCC3)cc2)cc1. The third-order valence-electron chi connectivity index (χ3n) is 6.82. The van der Waals surface area contributed by atoms with Crippen molar-refractivity contribution in [3.63, 3.8) is 0 Å². The van der Waals surface area contributed by atoms with Gasteiger partial charge in [0.2, 0.25) is 0 Å². The number of guanidine groups is 1. The van der Waals surface area contributed by atoms with Crippen LogP contribution in [0.5, 0.6) is 0 Å². The highest BCUT2D eigenvalue weighted by atomic mass is 35.5. The van der Waals surface area contributed by atoms with Gasteiger partial charge in [-0.3, -0.25) is 20.3 Å². The summed E-state index contributed by atoms with van der Waals surface area (Å²) >= 11 is 13.8. The minimum absolute atomic E-state index is 0.162. The molecule has 0 radical (unpaired) electrons. The summed E-state index contributed by atoms with van der Waals surface area (Å²) in [5, 5.41) is 13.6. The molecule has 0 saturated carbocycles. The van der Waals surface area contributed by atoms with Crippen LogP contribution in [0.2, 0.25) is 10.0 Å². The molecule has 0 bridgehead atoms. The molecule has 43 heavy (non-hydrogen) atoms. The van der Waals surface area contributed by atoms with E-state index in [2.05, 4.69) is 37.3 Å². The van der Waals surface area contributed by atoms with Crippen LogP contribution in [-0.4, -0.2) is 29.9 Å². The van der Waals surface area contributed by atoms with Crippen LogP contribution in [0, 0.1) is 5.53 Å². The summed E-state index contributed by atoms with van der Waals surface area (Å²) in [6, 6.07) is 17.7. The molecule has 13 heteroatoms. The second-order valence-electron chi connectivity index (χ2n) is 9.72. The van der Waals surface area contributed by atoms with Crippen molar-refractivity contribution in [1.82, 2.24) is 15.7 Å². The molecular formula is C30H28Cl2N8O2S. The first-order chi connectivity index (χ1) is 20.8. The molecule has 4 aromatic rings. The lowest BCUT2D eigenvalue weighted by atomic mass is 9.93. The van der Waals surface area contributed by atoms with Crippen LogP contribution in [0.4, 0.5) is 15.6 Å². The Kier molecular flexibility index (Phi) is 9.65. The number of nitrogens with one attached hydrogen (secondary N) is 4. The average Bonchev–Trinajstić information content (AvgIpc) is 3.43. The first-order valence-corrected chi connectivity index (χ1v) is 15.1. The zero-order valence-corrected chi connectivity index (χ0v) is 25.5. The van der Waals surface area contributed by atoms with Crippen molar-refractivity contribution in [2.45, 2.75) is 32.2 Å². The monoisotopic (exact) mass is 634 g/mol. The summed E-state index contributed by atoms with van der Waals surface area (Å²) in [5.74, 6) is -0.626. The molecule has 1 aliphatic rings. The van der Waals surface area contributed by atoms with Crippen LogP contribution in [0.1, 0.15) is 47.2 Å². The summed E-state index contributed by atoms with van der Waals surface area (Å²) in [7, 11) is 1.54. The van der Waals surface area contributed by atoms with Crippen molar-refractivity contribution in [2.24, 2.45) is 10.2 Å². The molecule has 1 aromatic heterocycles. The van der Waals surface area contributed by atoms with Crippen molar-refractivity contribution < 1.29 is 9.59 Å². The van der Waals surface area contributed by atoms with E-state index >= 15 is 0 Å². The van der Waals surface area contributed by atoms with Gasteiger partial charge in [-0.1, -0.05) is 64.9 Å². The molecule has 5 rings (SSSR count). The van der Waals surface area contributed by atoms with E-state index in [-0.39, 0.29) is 18.5 Å². The van der Waals surface area contributed by atoms with E-state index < -0.39 is 5.91 Å². The number of hydrogen-bond acceptors (Lipinski definition) is 7. The number of fused-ring (bicyclic) bond motifs is 1. The largest absolute Gasteiger partial charge is 0.328 e. The number of allylic oxidation sites excluding steroid dienone is 2. The van der Waals surface area contributed by atoms with Gasteiger partial charge in [-0.05, 0) is 78.8 Å². The Morgan fingerprint density at radius 2 is 1.84 bits per heavy atom. The van der Waals surface area contributed by atoms with Gasteiger partial charge in [-0.25, -0.2) is 15.3 Å². The molecule has 0 aliphatic heterocycles. The number of hydrazone groups is 1. The van der Waals surface area contributed by atoms with Gasteiger partial charge in [-0.15, -0.1) is 10.2 Å². The molecule has 0 unspecified atom stereocenters. The van der Waals surface area contributed by atoms with Gasteiger partial charge in [0.05, 0.1) is 21.8 Å². The van der Waals surface area contributed by atoms with Crippen LogP contribution >= 0.6 is 34.5 Å². The zero-order chi connectivity index (χ0) is 30.3. The van der Waals surface area contributed by atoms with Crippen LogP contribution in [0.15, 0.2) is 77.0 Å². The highest BCUT2D eigenvalue weighted by molar-refractivity contribution is 7.23. The first-order valence-electron chi connectivity index (χ1n) is 13.5. The van der Waals surface area contributed by atoms with E-state index in [1.54, 1.807) is 41.3 Å². The van der Waals surface area contributed by atoms with Crippen LogP contribution in [0.3, 0.4) is 0 Å². The van der Waals surface area contributed by atoms with Gasteiger partial charge in [0.15, 0.2) is 5.13 Å². The van der Waals surface area contributed by atoms with Gasteiger partial charge >= 0.3 is 6.03 Å². The third kappa shape index (κ3) is 7.37. The van der Waals surface area contributed by atoms with Gasteiger partial charge in [0, 0.05) is 23.3 Å². The number of thiazole rings is 1. The Balaban J connectivity index is 1.39. The lowest BCUT2D eigenvalue weighted by Gasteiger charge is -2.23. The van der Waals surface area contributed by atoms with E-state index in [9.17, 15) is 9.59 Å². The Hall–Kier alpha value is -4.32. The van der Waals surface area contributed by atoms with Crippen LogP contribution in [0.25, 0.3) is 15.8 Å². The first kappa shape index (κ1) is 30.1. The second-order valence-corrected chi connectivity index (χ2v) is 11.6. The molecule has 3 amide bonds. The fourth-order valence-corrected chi connectivity index (χ4v) is 6.15. The van der Waals surface area contributed by atoms with E-state index in [1.807, 2.05) is 24.3 Å². The Morgan fingerprint density at radius 3 is 2.51 bits per heavy atom. The van der Waals surface area contributed by atoms with Crippen molar-refractivity contribution in [2.75, 3.05) is 17.3 Å². The standard InChI is InChI=1S/C30H28Cl2N8O2S/c1-34-39-28(38-33)36-27(41)21-9-7-18(8-10-21)17-40(23-13-11-20(12-14-23)19-5-3-2-4-6-19)30(42)37-29-35-25-16-22(31)15-24(32)26(25)43-29/h5,7-16,33-34H,2-4,6,17H2,1H3,(H,35,37,42)(H,36,39,41). The molecule has 0 atom stereocenters. The van der Waals surface area contributed by atoms with Gasteiger partial charge in [-0.2, -0.15) is 0 Å². The predicted octanol–water partition coefficient (Wildman–Crippen LogP) is 8.05. The van der Waals surface area contributed by atoms with E-state index in [1.165, 1.54) is 36.8 Å². The average molecular weight is 636 g/mol. The lowest BCUT2D eigenvalue weighted by molar-refractivity contribution is 0.0976. The molecule has 10 nitrogen and oxygen atoms in total. The fraction of sp³-hybridized carbons (Fsp3) is 0.200. The van der Waals surface area contributed by atoms with Crippen molar-refractivity contribution in [3.8, 4) is 0 Å². The zero-order valence-electron chi connectivity index (χ0n) is 23.2. The van der Waals surface area contributed by atoms with E-state index in [0.29, 0.717) is 31.9 Å². The molecule has 0 saturated heterocycles. The molecule has 3 aromatic carbocycles. The summed E-state index contributed by atoms with van der Waals surface area (Å²) in [4.78, 5) is 32.4. The second kappa shape index (κ2) is 13.8. The summed E-state index contributed by atoms with van der Waals surface area (Å²) in [5.41, 5.74) is 14.5. The topological polar surface area (TPSA) is 135 Å². The molecule has 4 N–H and O–H groups in total. The number of carbonyl (C=O) groups is 2. The molecule has 1 heterocycles. The molecule has 0 spiro atoms. The minimum Gasteiger partial charge on any atom is -0.310 e. The molecule has 220 valence electrons. The van der Waals surface area contributed by atoms with E-state index in [0.717, 1.165) is 28.7 Å². The number of anilines is 2. The minimum atomic E-state index is -0.464. The highest BCUT2D eigenvalue weighted by Gasteiger charge is 2.20. The number of amides is 3. The lowest BCUT2D eigenvalue weighted by Crippen LogP contribution is -2.34. The van der Waals surface area contributed by atoms with E-state index in [4.69, 9.17) is 28.7 Å². The maximum absolute atomic E-state index is 13.7. The van der Waals surface area contributed by atoms with Crippen molar-refractivity contribution >= 4 is 79.0 Å². The maximum Gasteiger partial charge on any atom is 0.328 e. The smallest absolute Gasteiger partial charge is 0.310 e. The Labute approximate surface area is 262 Å². The Morgan fingerprint density at radius 1 is 1.07 bits per heavy atom.